The van der Waals surface area contributed by atoms with Gasteiger partial charge in [-0.25, -0.2) is 4.98 Å². The smallest absolute Gasteiger partial charge is 0.270 e. The lowest BCUT2D eigenvalue weighted by atomic mass is 10.1. The summed E-state index contributed by atoms with van der Waals surface area (Å²) in [7, 11) is 0. The van der Waals surface area contributed by atoms with Gasteiger partial charge in [0.15, 0.2) is 0 Å². The molecule has 0 fully saturated rings. The molecular formula is C15H13N3O2. The zero-order chi connectivity index (χ0) is 14.5. The Bertz CT molecular complexity index is 704. The number of primary amides is 1. The lowest BCUT2D eigenvalue weighted by Crippen LogP contribution is -2.44. The summed E-state index contributed by atoms with van der Waals surface area (Å²) in [5.74, 6) is 1.15. The van der Waals surface area contributed by atoms with Crippen LogP contribution in [0.2, 0.25) is 0 Å². The van der Waals surface area contributed by atoms with Crippen molar-refractivity contribution in [3.05, 3.63) is 42.1 Å². The number of hydrogen-bond acceptors (Lipinski definition) is 3. The summed E-state index contributed by atoms with van der Waals surface area (Å²) in [5.41, 5.74) is 6.09. The summed E-state index contributed by atoms with van der Waals surface area (Å²) in [6.07, 6.45) is 5.18. The average Bonchev–Trinajstić information content (AvgIpc) is 2.46. The van der Waals surface area contributed by atoms with Gasteiger partial charge in [-0.1, -0.05) is 24.3 Å². The number of rotatable bonds is 4. The Morgan fingerprint density at radius 2 is 2.05 bits per heavy atom. The monoisotopic (exact) mass is 267 g/mol. The van der Waals surface area contributed by atoms with Crippen molar-refractivity contribution in [2.45, 2.75) is 12.5 Å². The molecule has 0 spiro atoms. The molecule has 1 aromatic heterocycles. The number of pyridine rings is 1. The maximum Gasteiger partial charge on any atom is 0.270 e. The number of benzene rings is 1. The first kappa shape index (κ1) is 13.6. The fraction of sp³-hybridized carbons (Fsp3) is 0.133. The molecule has 1 aromatic carbocycles. The highest BCUT2D eigenvalue weighted by Crippen LogP contribution is 2.11. The van der Waals surface area contributed by atoms with Crippen molar-refractivity contribution in [2.24, 2.45) is 5.73 Å². The molecule has 5 heteroatoms. The van der Waals surface area contributed by atoms with E-state index in [0.717, 1.165) is 5.39 Å². The van der Waals surface area contributed by atoms with Gasteiger partial charge in [0.2, 0.25) is 5.91 Å². The molecule has 0 bridgehead atoms. The van der Waals surface area contributed by atoms with Crippen LogP contribution in [0.5, 0.6) is 0 Å². The molecule has 2 aromatic rings. The molecule has 1 atom stereocenters. The fourth-order valence-corrected chi connectivity index (χ4v) is 1.77. The molecule has 0 aliphatic carbocycles. The molecule has 5 nitrogen and oxygen atoms in total. The number of hydrogen-bond donors (Lipinski definition) is 2. The zero-order valence-electron chi connectivity index (χ0n) is 10.7. The second-order valence-corrected chi connectivity index (χ2v) is 4.23. The van der Waals surface area contributed by atoms with Crippen molar-refractivity contribution in [1.29, 1.82) is 0 Å². The van der Waals surface area contributed by atoms with Crippen LogP contribution in [0.1, 0.15) is 16.9 Å². The molecule has 2 amide bonds. The molecule has 1 heterocycles. The van der Waals surface area contributed by atoms with E-state index < -0.39 is 17.9 Å². The summed E-state index contributed by atoms with van der Waals surface area (Å²) in [6.45, 7) is 0. The second kappa shape index (κ2) is 5.85. The van der Waals surface area contributed by atoms with Gasteiger partial charge in [-0.3, -0.25) is 9.59 Å². The maximum atomic E-state index is 12.0. The number of carbonyl (C=O) groups is 2. The topological polar surface area (TPSA) is 85.1 Å². The maximum absolute atomic E-state index is 12.0. The van der Waals surface area contributed by atoms with E-state index in [1.165, 1.54) is 0 Å². The Morgan fingerprint density at radius 3 is 2.75 bits per heavy atom. The van der Waals surface area contributed by atoms with Crippen molar-refractivity contribution < 1.29 is 9.59 Å². The molecule has 100 valence electrons. The standard InChI is InChI=1S/C15H13N3O2/c1-2-5-12(14(16)19)18-15(20)13-9-8-10-6-3-4-7-11(10)17-13/h1,3-4,6-9,12H,5H2,(H2,16,19)(H,18,20)/t12-/m0/s1. The Labute approximate surface area is 116 Å². The zero-order valence-corrected chi connectivity index (χ0v) is 10.7. The fourth-order valence-electron chi connectivity index (χ4n) is 1.77. The van der Waals surface area contributed by atoms with Gasteiger partial charge in [0.05, 0.1) is 5.52 Å². The molecule has 0 saturated heterocycles. The average molecular weight is 267 g/mol. The van der Waals surface area contributed by atoms with Crippen LogP contribution < -0.4 is 11.1 Å². The Morgan fingerprint density at radius 1 is 1.30 bits per heavy atom. The van der Waals surface area contributed by atoms with Crippen molar-refractivity contribution in [3.8, 4) is 12.3 Å². The van der Waals surface area contributed by atoms with E-state index in [1.54, 1.807) is 18.2 Å². The minimum atomic E-state index is -0.888. The number of nitrogens with one attached hydrogen (secondary N) is 1. The lowest BCUT2D eigenvalue weighted by molar-refractivity contribution is -0.119. The van der Waals surface area contributed by atoms with E-state index in [4.69, 9.17) is 12.2 Å². The molecule has 2 rings (SSSR count). The molecule has 3 N–H and O–H groups in total. The van der Waals surface area contributed by atoms with Gasteiger partial charge in [-0.2, -0.15) is 0 Å². The predicted octanol–water partition coefficient (Wildman–Crippen LogP) is 0.842. The van der Waals surface area contributed by atoms with Gasteiger partial charge in [0, 0.05) is 11.8 Å². The SMILES string of the molecule is C#CC[C@H](NC(=O)c1ccc2ccccc2n1)C(N)=O. The number of fused-ring (bicyclic) bond motifs is 1. The molecule has 0 unspecified atom stereocenters. The van der Waals surface area contributed by atoms with Crippen molar-refractivity contribution in [3.63, 3.8) is 0 Å². The molecule has 20 heavy (non-hydrogen) atoms. The van der Waals surface area contributed by atoms with E-state index in [9.17, 15) is 9.59 Å². The minimum Gasteiger partial charge on any atom is -0.368 e. The first-order valence-electron chi connectivity index (χ1n) is 6.01. The number of terminal acetylenes is 1. The van der Waals surface area contributed by atoms with Crippen LogP contribution in [0.25, 0.3) is 10.9 Å². The largest absolute Gasteiger partial charge is 0.368 e. The van der Waals surface area contributed by atoms with Gasteiger partial charge in [0.25, 0.3) is 5.91 Å². The normalized spacial score (nSPS) is 11.6. The minimum absolute atomic E-state index is 0.0503. The third kappa shape index (κ3) is 2.93. The van der Waals surface area contributed by atoms with Crippen LogP contribution in [-0.2, 0) is 4.79 Å². The van der Waals surface area contributed by atoms with Crippen molar-refractivity contribution in [1.82, 2.24) is 10.3 Å². The number of carbonyl (C=O) groups excluding carboxylic acids is 2. The number of para-hydroxylation sites is 1. The molecular weight excluding hydrogens is 254 g/mol. The first-order chi connectivity index (χ1) is 9.61. The van der Waals surface area contributed by atoms with Gasteiger partial charge >= 0.3 is 0 Å². The molecule has 0 saturated carbocycles. The van der Waals surface area contributed by atoms with E-state index in [0.29, 0.717) is 5.52 Å². The summed E-state index contributed by atoms with van der Waals surface area (Å²) < 4.78 is 0. The Hall–Kier alpha value is -2.87. The van der Waals surface area contributed by atoms with Crippen LogP contribution in [0, 0.1) is 12.3 Å². The Balaban J connectivity index is 2.22. The van der Waals surface area contributed by atoms with Crippen LogP contribution in [-0.4, -0.2) is 22.8 Å². The highest BCUT2D eigenvalue weighted by Gasteiger charge is 2.18. The van der Waals surface area contributed by atoms with E-state index >= 15 is 0 Å². The molecule has 0 radical (unpaired) electrons. The highest BCUT2D eigenvalue weighted by molar-refractivity contribution is 5.97. The summed E-state index contributed by atoms with van der Waals surface area (Å²) in [5, 5.41) is 3.41. The van der Waals surface area contributed by atoms with Crippen LogP contribution >= 0.6 is 0 Å². The van der Waals surface area contributed by atoms with E-state index in [2.05, 4.69) is 16.2 Å². The van der Waals surface area contributed by atoms with Crippen LogP contribution in [0.15, 0.2) is 36.4 Å². The van der Waals surface area contributed by atoms with Crippen molar-refractivity contribution >= 4 is 22.7 Å². The second-order valence-electron chi connectivity index (χ2n) is 4.23. The molecule has 0 aliphatic heterocycles. The van der Waals surface area contributed by atoms with Gasteiger partial charge in [-0.15, -0.1) is 12.3 Å². The summed E-state index contributed by atoms with van der Waals surface area (Å²) in [6, 6.07) is 9.92. The predicted molar refractivity (Wildman–Crippen MR) is 75.6 cm³/mol. The number of aromatic nitrogens is 1. The number of amides is 2. The third-order valence-electron chi connectivity index (χ3n) is 2.80. The van der Waals surface area contributed by atoms with Gasteiger partial charge in [0.1, 0.15) is 11.7 Å². The summed E-state index contributed by atoms with van der Waals surface area (Å²) >= 11 is 0. The van der Waals surface area contributed by atoms with Crippen LogP contribution in [0.4, 0.5) is 0 Å². The Kier molecular flexibility index (Phi) is 3.96. The third-order valence-corrected chi connectivity index (χ3v) is 2.80. The first-order valence-corrected chi connectivity index (χ1v) is 6.01. The van der Waals surface area contributed by atoms with E-state index in [-0.39, 0.29) is 12.1 Å². The van der Waals surface area contributed by atoms with Gasteiger partial charge in [-0.05, 0) is 12.1 Å². The lowest BCUT2D eigenvalue weighted by Gasteiger charge is -2.12. The summed E-state index contributed by atoms with van der Waals surface area (Å²) in [4.78, 5) is 27.4. The van der Waals surface area contributed by atoms with E-state index in [1.807, 2.05) is 18.2 Å². The molecule has 0 aliphatic rings. The quantitative estimate of drug-likeness (QED) is 0.805. The van der Waals surface area contributed by atoms with Crippen LogP contribution in [0.3, 0.4) is 0 Å². The number of nitrogens with zero attached hydrogens (tertiary/aromatic N) is 1. The number of nitrogens with two attached hydrogens (primary N) is 1. The van der Waals surface area contributed by atoms with Crippen molar-refractivity contribution in [2.75, 3.05) is 0 Å². The van der Waals surface area contributed by atoms with Gasteiger partial charge < -0.3 is 11.1 Å². The highest BCUT2D eigenvalue weighted by atomic mass is 16.2.